The molecule has 20 heavy (non-hydrogen) atoms. The van der Waals surface area contributed by atoms with Gasteiger partial charge in [-0.15, -0.1) is 11.3 Å². The number of halogens is 1. The van der Waals surface area contributed by atoms with Gasteiger partial charge in [0.2, 0.25) is 0 Å². The molecule has 0 saturated carbocycles. The summed E-state index contributed by atoms with van der Waals surface area (Å²) in [6, 6.07) is 4.14. The van der Waals surface area contributed by atoms with Crippen molar-refractivity contribution in [2.24, 2.45) is 5.92 Å². The van der Waals surface area contributed by atoms with E-state index in [1.54, 1.807) is 17.5 Å². The van der Waals surface area contributed by atoms with Crippen molar-refractivity contribution in [2.75, 3.05) is 5.32 Å². The van der Waals surface area contributed by atoms with E-state index in [1.807, 2.05) is 38.3 Å². The van der Waals surface area contributed by atoms with Crippen molar-refractivity contribution in [3.05, 3.63) is 44.0 Å². The van der Waals surface area contributed by atoms with E-state index >= 15 is 0 Å². The van der Waals surface area contributed by atoms with Crippen LogP contribution in [0.5, 0.6) is 0 Å². The number of aromatic nitrogens is 2. The van der Waals surface area contributed by atoms with Crippen molar-refractivity contribution in [3.8, 4) is 0 Å². The van der Waals surface area contributed by atoms with Gasteiger partial charge >= 0.3 is 0 Å². The number of nitrogens with one attached hydrogen (secondary N) is 1. The molecule has 6 heteroatoms. The van der Waals surface area contributed by atoms with E-state index in [2.05, 4.69) is 10.4 Å². The van der Waals surface area contributed by atoms with Crippen molar-refractivity contribution in [1.29, 1.82) is 0 Å². The molecule has 0 radical (unpaired) electrons. The molecule has 4 nitrogen and oxygen atoms in total. The third-order valence-corrected chi connectivity index (χ3v) is 4.29. The molecular weight excluding hydrogens is 294 g/mol. The highest BCUT2D eigenvalue weighted by atomic mass is 35.5. The Hall–Kier alpha value is -1.33. The van der Waals surface area contributed by atoms with Crippen LogP contribution in [0, 0.1) is 5.92 Å². The van der Waals surface area contributed by atoms with E-state index in [0.29, 0.717) is 18.2 Å². The lowest BCUT2D eigenvalue weighted by Gasteiger charge is -2.15. The molecule has 0 bridgehead atoms. The second-order valence-corrected chi connectivity index (χ2v) is 6.49. The molecule has 2 aromatic rings. The standard InChI is InChI=1S/C14H18ClN3OS/c1-9(2)8-18-14(19)13(15)11(7-16-18)17-10(3)12-5-4-6-20-12/h4-7,9-10,17H,8H2,1-3H3. The van der Waals surface area contributed by atoms with E-state index in [9.17, 15) is 4.79 Å². The van der Waals surface area contributed by atoms with Crippen molar-refractivity contribution in [1.82, 2.24) is 9.78 Å². The first-order valence-corrected chi connectivity index (χ1v) is 7.80. The zero-order chi connectivity index (χ0) is 14.7. The van der Waals surface area contributed by atoms with Gasteiger partial charge in [-0.25, -0.2) is 4.68 Å². The summed E-state index contributed by atoms with van der Waals surface area (Å²) < 4.78 is 1.41. The molecule has 0 spiro atoms. The molecule has 1 unspecified atom stereocenters. The molecule has 0 fully saturated rings. The van der Waals surface area contributed by atoms with Crippen molar-refractivity contribution in [2.45, 2.75) is 33.4 Å². The first-order chi connectivity index (χ1) is 9.49. The summed E-state index contributed by atoms with van der Waals surface area (Å²) in [5, 5.41) is 9.63. The Morgan fingerprint density at radius 3 is 2.80 bits per heavy atom. The number of thiophene rings is 1. The summed E-state index contributed by atoms with van der Waals surface area (Å²) in [5.74, 6) is 0.347. The van der Waals surface area contributed by atoms with Crippen LogP contribution >= 0.6 is 22.9 Å². The number of hydrogen-bond acceptors (Lipinski definition) is 4. The van der Waals surface area contributed by atoms with Crippen LogP contribution in [0.25, 0.3) is 0 Å². The number of hydrogen-bond donors (Lipinski definition) is 1. The van der Waals surface area contributed by atoms with E-state index in [1.165, 1.54) is 9.56 Å². The minimum atomic E-state index is -0.247. The second kappa shape index (κ2) is 6.41. The third-order valence-electron chi connectivity index (χ3n) is 2.86. The molecule has 1 atom stereocenters. The predicted molar refractivity (Wildman–Crippen MR) is 84.7 cm³/mol. The van der Waals surface area contributed by atoms with Gasteiger partial charge in [0, 0.05) is 11.4 Å². The summed E-state index contributed by atoms with van der Waals surface area (Å²) >= 11 is 7.82. The average molecular weight is 312 g/mol. The first kappa shape index (κ1) is 15.1. The summed E-state index contributed by atoms with van der Waals surface area (Å²) in [6.45, 7) is 6.67. The largest absolute Gasteiger partial charge is 0.375 e. The van der Waals surface area contributed by atoms with Gasteiger partial charge in [-0.2, -0.15) is 5.10 Å². The zero-order valence-electron chi connectivity index (χ0n) is 11.8. The van der Waals surface area contributed by atoms with Crippen LogP contribution in [0.2, 0.25) is 5.02 Å². The Morgan fingerprint density at radius 2 is 2.20 bits per heavy atom. The van der Waals surface area contributed by atoms with Crippen LogP contribution < -0.4 is 10.9 Å². The summed E-state index contributed by atoms with van der Waals surface area (Å²) in [6.07, 6.45) is 1.62. The highest BCUT2D eigenvalue weighted by molar-refractivity contribution is 7.10. The van der Waals surface area contributed by atoms with Crippen molar-refractivity contribution in [3.63, 3.8) is 0 Å². The van der Waals surface area contributed by atoms with Gasteiger partial charge in [-0.3, -0.25) is 4.79 Å². The van der Waals surface area contributed by atoms with Gasteiger partial charge < -0.3 is 5.32 Å². The SMILES string of the molecule is CC(C)Cn1ncc(NC(C)c2cccs2)c(Cl)c1=O. The average Bonchev–Trinajstić information content (AvgIpc) is 2.92. The van der Waals surface area contributed by atoms with Gasteiger partial charge in [0.15, 0.2) is 0 Å². The Balaban J connectivity index is 2.21. The van der Waals surface area contributed by atoms with Crippen molar-refractivity contribution < 1.29 is 0 Å². The monoisotopic (exact) mass is 311 g/mol. The Kier molecular flexibility index (Phi) is 4.83. The second-order valence-electron chi connectivity index (χ2n) is 5.13. The Labute approximate surface area is 127 Å². The molecule has 0 amide bonds. The first-order valence-electron chi connectivity index (χ1n) is 6.54. The zero-order valence-corrected chi connectivity index (χ0v) is 13.3. The van der Waals surface area contributed by atoms with Crippen LogP contribution in [0.15, 0.2) is 28.5 Å². The highest BCUT2D eigenvalue weighted by Gasteiger charge is 2.13. The quantitative estimate of drug-likeness (QED) is 0.914. The lowest BCUT2D eigenvalue weighted by molar-refractivity contribution is 0.464. The maximum absolute atomic E-state index is 12.1. The number of anilines is 1. The van der Waals surface area contributed by atoms with E-state index in [-0.39, 0.29) is 16.6 Å². The molecule has 1 N–H and O–H groups in total. The fourth-order valence-corrected chi connectivity index (χ4v) is 2.82. The minimum absolute atomic E-state index is 0.0923. The Morgan fingerprint density at radius 1 is 1.45 bits per heavy atom. The van der Waals surface area contributed by atoms with Gasteiger partial charge in [0.1, 0.15) is 5.02 Å². The highest BCUT2D eigenvalue weighted by Crippen LogP contribution is 2.25. The topological polar surface area (TPSA) is 46.9 Å². The van der Waals surface area contributed by atoms with Gasteiger partial charge in [-0.05, 0) is 24.3 Å². The van der Waals surface area contributed by atoms with E-state index in [0.717, 1.165) is 0 Å². The molecular formula is C14H18ClN3OS. The van der Waals surface area contributed by atoms with E-state index in [4.69, 9.17) is 11.6 Å². The lowest BCUT2D eigenvalue weighted by atomic mass is 10.2. The summed E-state index contributed by atoms with van der Waals surface area (Å²) in [5.41, 5.74) is 0.335. The van der Waals surface area contributed by atoms with Crippen molar-refractivity contribution >= 4 is 28.6 Å². The molecule has 0 aliphatic heterocycles. The molecule has 2 aromatic heterocycles. The predicted octanol–water partition coefficient (Wildman–Crippen LogP) is 3.79. The van der Waals surface area contributed by atoms with Crippen LogP contribution in [-0.4, -0.2) is 9.78 Å². The van der Waals surface area contributed by atoms with Crippen LogP contribution in [0.1, 0.15) is 31.7 Å². The smallest absolute Gasteiger partial charge is 0.287 e. The van der Waals surface area contributed by atoms with Gasteiger partial charge in [-0.1, -0.05) is 31.5 Å². The fraction of sp³-hybridized carbons (Fsp3) is 0.429. The van der Waals surface area contributed by atoms with E-state index < -0.39 is 0 Å². The van der Waals surface area contributed by atoms with Crippen LogP contribution in [0.4, 0.5) is 5.69 Å². The number of rotatable bonds is 5. The fourth-order valence-electron chi connectivity index (χ4n) is 1.88. The lowest BCUT2D eigenvalue weighted by Crippen LogP contribution is -2.26. The molecule has 0 aliphatic carbocycles. The maximum Gasteiger partial charge on any atom is 0.287 e. The normalized spacial score (nSPS) is 12.7. The summed E-state index contributed by atoms with van der Waals surface area (Å²) in [7, 11) is 0. The molecule has 2 heterocycles. The molecule has 0 aliphatic rings. The minimum Gasteiger partial charge on any atom is -0.375 e. The maximum atomic E-state index is 12.1. The molecule has 0 aromatic carbocycles. The number of nitrogens with zero attached hydrogens (tertiary/aromatic N) is 2. The molecule has 2 rings (SSSR count). The van der Waals surface area contributed by atoms with Gasteiger partial charge in [0.05, 0.1) is 17.9 Å². The van der Waals surface area contributed by atoms with Gasteiger partial charge in [0.25, 0.3) is 5.56 Å². The summed E-state index contributed by atoms with van der Waals surface area (Å²) in [4.78, 5) is 13.3. The van der Waals surface area contributed by atoms with Crippen LogP contribution in [-0.2, 0) is 6.54 Å². The van der Waals surface area contributed by atoms with Crippen LogP contribution in [0.3, 0.4) is 0 Å². The molecule has 0 saturated heterocycles. The Bertz CT molecular complexity index is 622. The third kappa shape index (κ3) is 3.41. The molecule has 108 valence electrons.